The van der Waals surface area contributed by atoms with Crippen LogP contribution in [0.25, 0.3) is 0 Å². The van der Waals surface area contributed by atoms with Crippen LogP contribution in [0.15, 0.2) is 0 Å². The molecule has 0 amide bonds. The molecule has 2 atom stereocenters. The molecule has 1 aliphatic heterocycles. The highest BCUT2D eigenvalue weighted by atomic mass is 16.6. The summed E-state index contributed by atoms with van der Waals surface area (Å²) in [6.45, 7) is 2.19. The van der Waals surface area contributed by atoms with Crippen molar-refractivity contribution in [3.05, 3.63) is 0 Å². The number of esters is 1. The monoisotopic (exact) mass is 300 g/mol. The number of carbonyl (C=O) groups excluding carboxylic acids is 1. The SMILES string of the molecule is CC1OC1CCCCCCCCCCCC(=O)OCCO. The van der Waals surface area contributed by atoms with Gasteiger partial charge in [0, 0.05) is 6.42 Å². The maximum Gasteiger partial charge on any atom is 0.305 e. The van der Waals surface area contributed by atoms with Gasteiger partial charge in [-0.2, -0.15) is 0 Å². The van der Waals surface area contributed by atoms with Gasteiger partial charge in [-0.1, -0.05) is 51.4 Å². The fourth-order valence-electron chi connectivity index (χ4n) is 2.62. The maximum atomic E-state index is 11.2. The Balaban J connectivity index is 1.69. The molecule has 0 bridgehead atoms. The zero-order valence-electron chi connectivity index (χ0n) is 13.5. The van der Waals surface area contributed by atoms with Gasteiger partial charge in [-0.15, -0.1) is 0 Å². The van der Waals surface area contributed by atoms with Crippen molar-refractivity contribution >= 4 is 5.97 Å². The van der Waals surface area contributed by atoms with E-state index in [1.165, 1.54) is 51.4 Å². The molecular formula is C17H32O4. The van der Waals surface area contributed by atoms with Crippen LogP contribution in [-0.4, -0.2) is 36.5 Å². The Morgan fingerprint density at radius 3 is 2.05 bits per heavy atom. The Kier molecular flexibility index (Phi) is 10.5. The lowest BCUT2D eigenvalue weighted by Gasteiger charge is -2.03. The van der Waals surface area contributed by atoms with E-state index in [4.69, 9.17) is 14.6 Å². The van der Waals surface area contributed by atoms with E-state index in [1.54, 1.807) is 0 Å². The summed E-state index contributed by atoms with van der Waals surface area (Å²) in [5.41, 5.74) is 0. The van der Waals surface area contributed by atoms with Gasteiger partial charge in [0.05, 0.1) is 18.8 Å². The van der Waals surface area contributed by atoms with Crippen molar-refractivity contribution in [1.82, 2.24) is 0 Å². The van der Waals surface area contributed by atoms with Crippen molar-refractivity contribution in [2.75, 3.05) is 13.2 Å². The second kappa shape index (κ2) is 12.0. The van der Waals surface area contributed by atoms with Gasteiger partial charge in [-0.25, -0.2) is 0 Å². The number of aliphatic hydroxyl groups excluding tert-OH is 1. The number of carbonyl (C=O) groups is 1. The summed E-state index contributed by atoms with van der Waals surface area (Å²) in [5.74, 6) is -0.182. The summed E-state index contributed by atoms with van der Waals surface area (Å²) in [4.78, 5) is 11.2. The highest BCUT2D eigenvalue weighted by molar-refractivity contribution is 5.69. The minimum absolute atomic E-state index is 0.0849. The van der Waals surface area contributed by atoms with Gasteiger partial charge in [0.1, 0.15) is 6.61 Å². The lowest BCUT2D eigenvalue weighted by molar-refractivity contribution is -0.144. The molecular weight excluding hydrogens is 268 g/mol. The number of hydrogen-bond acceptors (Lipinski definition) is 4. The van der Waals surface area contributed by atoms with Crippen LogP contribution in [0, 0.1) is 0 Å². The van der Waals surface area contributed by atoms with Gasteiger partial charge in [0.25, 0.3) is 0 Å². The third-order valence-corrected chi connectivity index (χ3v) is 4.06. The van der Waals surface area contributed by atoms with Crippen molar-refractivity contribution in [3.63, 3.8) is 0 Å². The first kappa shape index (κ1) is 18.4. The van der Waals surface area contributed by atoms with Crippen molar-refractivity contribution in [2.24, 2.45) is 0 Å². The summed E-state index contributed by atoms with van der Waals surface area (Å²) in [5, 5.41) is 8.52. The lowest BCUT2D eigenvalue weighted by Crippen LogP contribution is -2.07. The van der Waals surface area contributed by atoms with E-state index >= 15 is 0 Å². The van der Waals surface area contributed by atoms with Crippen LogP contribution in [0.5, 0.6) is 0 Å². The molecule has 1 rings (SSSR count). The zero-order valence-corrected chi connectivity index (χ0v) is 13.5. The van der Waals surface area contributed by atoms with Crippen LogP contribution < -0.4 is 0 Å². The molecule has 21 heavy (non-hydrogen) atoms. The summed E-state index contributed by atoms with van der Waals surface area (Å²) >= 11 is 0. The van der Waals surface area contributed by atoms with E-state index in [9.17, 15) is 4.79 Å². The van der Waals surface area contributed by atoms with E-state index in [0.29, 0.717) is 18.6 Å². The summed E-state index contributed by atoms with van der Waals surface area (Å²) < 4.78 is 10.2. The number of aliphatic hydroxyl groups is 1. The molecule has 0 aromatic rings. The normalized spacial score (nSPS) is 20.5. The Labute approximate surface area is 129 Å². The van der Waals surface area contributed by atoms with E-state index in [2.05, 4.69) is 6.92 Å². The van der Waals surface area contributed by atoms with E-state index in [-0.39, 0.29) is 19.2 Å². The second-order valence-corrected chi connectivity index (χ2v) is 6.04. The van der Waals surface area contributed by atoms with Gasteiger partial charge in [-0.05, 0) is 19.8 Å². The molecule has 4 heteroatoms. The van der Waals surface area contributed by atoms with Crippen LogP contribution in [-0.2, 0) is 14.3 Å². The van der Waals surface area contributed by atoms with Gasteiger partial charge < -0.3 is 14.6 Å². The Bertz CT molecular complexity index is 268. The quantitative estimate of drug-likeness (QED) is 0.302. The van der Waals surface area contributed by atoms with Crippen LogP contribution >= 0.6 is 0 Å². The van der Waals surface area contributed by atoms with Gasteiger partial charge in [-0.3, -0.25) is 4.79 Å². The number of unbranched alkanes of at least 4 members (excludes halogenated alkanes) is 8. The fourth-order valence-corrected chi connectivity index (χ4v) is 2.62. The third kappa shape index (κ3) is 10.7. The molecule has 124 valence electrons. The Morgan fingerprint density at radius 1 is 1.00 bits per heavy atom. The molecule has 1 aliphatic rings. The summed E-state index contributed by atoms with van der Waals surface area (Å²) in [6.07, 6.45) is 13.9. The second-order valence-electron chi connectivity index (χ2n) is 6.04. The van der Waals surface area contributed by atoms with Gasteiger partial charge in [0.15, 0.2) is 0 Å². The predicted octanol–water partition coefficient (Wildman–Crippen LogP) is 3.60. The minimum atomic E-state index is -0.182. The largest absolute Gasteiger partial charge is 0.463 e. The topological polar surface area (TPSA) is 59.1 Å². The van der Waals surface area contributed by atoms with Gasteiger partial charge >= 0.3 is 5.97 Å². The van der Waals surface area contributed by atoms with Crippen molar-refractivity contribution in [2.45, 2.75) is 89.8 Å². The first-order chi connectivity index (χ1) is 10.2. The fraction of sp³-hybridized carbons (Fsp3) is 0.941. The molecule has 0 aliphatic carbocycles. The van der Waals surface area contributed by atoms with E-state index in [0.717, 1.165) is 12.8 Å². The predicted molar refractivity (Wildman–Crippen MR) is 83.2 cm³/mol. The van der Waals surface area contributed by atoms with Crippen LogP contribution in [0.4, 0.5) is 0 Å². The van der Waals surface area contributed by atoms with Crippen LogP contribution in [0.2, 0.25) is 0 Å². The molecule has 4 nitrogen and oxygen atoms in total. The minimum Gasteiger partial charge on any atom is -0.463 e. The molecule has 1 fully saturated rings. The average molecular weight is 300 g/mol. The molecule has 1 N–H and O–H groups in total. The standard InChI is InChI=1S/C17H32O4/c1-15-16(21-15)11-9-7-5-3-2-4-6-8-10-12-17(19)20-14-13-18/h15-16,18H,2-14H2,1H3. The van der Waals surface area contributed by atoms with E-state index in [1.807, 2.05) is 0 Å². The molecule has 0 radical (unpaired) electrons. The number of hydrogen-bond donors (Lipinski definition) is 1. The maximum absolute atomic E-state index is 11.2. The molecule has 0 spiro atoms. The molecule has 1 heterocycles. The lowest BCUT2D eigenvalue weighted by atomic mass is 10.0. The first-order valence-corrected chi connectivity index (χ1v) is 8.66. The summed E-state index contributed by atoms with van der Waals surface area (Å²) in [7, 11) is 0. The van der Waals surface area contributed by atoms with Crippen molar-refractivity contribution < 1.29 is 19.4 Å². The number of rotatable bonds is 14. The number of ether oxygens (including phenoxy) is 2. The van der Waals surface area contributed by atoms with Crippen molar-refractivity contribution in [3.8, 4) is 0 Å². The molecule has 2 unspecified atom stereocenters. The number of epoxide rings is 1. The van der Waals surface area contributed by atoms with Crippen LogP contribution in [0.3, 0.4) is 0 Å². The van der Waals surface area contributed by atoms with Gasteiger partial charge in [0.2, 0.25) is 0 Å². The Hall–Kier alpha value is -0.610. The van der Waals surface area contributed by atoms with Crippen molar-refractivity contribution in [1.29, 1.82) is 0 Å². The van der Waals surface area contributed by atoms with Crippen LogP contribution in [0.1, 0.15) is 77.6 Å². The molecule has 0 aromatic heterocycles. The summed E-state index contributed by atoms with van der Waals surface area (Å²) in [6, 6.07) is 0. The highest BCUT2D eigenvalue weighted by Gasteiger charge is 2.32. The average Bonchev–Trinajstić information content (AvgIpc) is 3.18. The molecule has 0 saturated carbocycles. The van der Waals surface area contributed by atoms with E-state index < -0.39 is 0 Å². The highest BCUT2D eigenvalue weighted by Crippen LogP contribution is 2.26. The molecule has 0 aromatic carbocycles. The zero-order chi connectivity index (χ0) is 15.3. The Morgan fingerprint density at radius 2 is 1.52 bits per heavy atom. The molecule has 1 saturated heterocycles. The third-order valence-electron chi connectivity index (χ3n) is 4.06. The smallest absolute Gasteiger partial charge is 0.305 e. The first-order valence-electron chi connectivity index (χ1n) is 8.66.